The number of ether oxygens (including phenoxy) is 2. The lowest BCUT2D eigenvalue weighted by Gasteiger charge is -2.10. The fourth-order valence-electron chi connectivity index (χ4n) is 1.38. The normalized spacial score (nSPS) is 10.7. The van der Waals surface area contributed by atoms with E-state index in [0.717, 1.165) is 13.2 Å². The second-order valence-electron chi connectivity index (χ2n) is 3.76. The van der Waals surface area contributed by atoms with Crippen LogP contribution in [0.1, 0.15) is 10.4 Å². The third kappa shape index (κ3) is 4.50. The number of methoxy groups -OCH3 is 2. The molecule has 21 heavy (non-hydrogen) atoms. The first-order valence-electron chi connectivity index (χ1n) is 5.63. The van der Waals surface area contributed by atoms with Crippen LogP contribution in [0.4, 0.5) is 5.69 Å². The molecule has 7 nitrogen and oxygen atoms in total. The summed E-state index contributed by atoms with van der Waals surface area (Å²) in [7, 11) is 2.33. The molecular formula is C13H13ClN2O5. The Hall–Kier alpha value is -2.54. The summed E-state index contributed by atoms with van der Waals surface area (Å²) in [6.45, 7) is 0. The number of nitrogens with two attached hydrogens (primary N) is 1. The molecule has 0 saturated heterocycles. The number of nitrogens with one attached hydrogen (secondary N) is 1. The molecule has 1 aromatic rings. The average molecular weight is 313 g/mol. The Labute approximate surface area is 125 Å². The smallest absolute Gasteiger partial charge is 0.354 e. The van der Waals surface area contributed by atoms with Crippen molar-refractivity contribution >= 4 is 35.1 Å². The second-order valence-corrected chi connectivity index (χ2v) is 4.16. The summed E-state index contributed by atoms with van der Waals surface area (Å²) in [5.41, 5.74) is 5.41. The van der Waals surface area contributed by atoms with Gasteiger partial charge in [0.2, 0.25) is 5.91 Å². The Morgan fingerprint density at radius 2 is 1.90 bits per heavy atom. The molecule has 0 fully saturated rings. The van der Waals surface area contributed by atoms with Gasteiger partial charge in [0.25, 0.3) is 0 Å². The van der Waals surface area contributed by atoms with E-state index in [-0.39, 0.29) is 16.3 Å². The van der Waals surface area contributed by atoms with Gasteiger partial charge >= 0.3 is 11.9 Å². The highest BCUT2D eigenvalue weighted by molar-refractivity contribution is 6.33. The summed E-state index contributed by atoms with van der Waals surface area (Å²) in [6.07, 6.45) is 0.921. The van der Waals surface area contributed by atoms with E-state index < -0.39 is 17.8 Å². The molecule has 1 rings (SSSR count). The monoisotopic (exact) mass is 312 g/mol. The van der Waals surface area contributed by atoms with Crippen LogP contribution in [0.3, 0.4) is 0 Å². The Bertz CT molecular complexity index is 613. The summed E-state index contributed by atoms with van der Waals surface area (Å²) in [6, 6.07) is 4.28. The van der Waals surface area contributed by atoms with Crippen molar-refractivity contribution in [2.45, 2.75) is 0 Å². The third-order valence-corrected chi connectivity index (χ3v) is 2.71. The van der Waals surface area contributed by atoms with Crippen LogP contribution in [0.5, 0.6) is 0 Å². The lowest BCUT2D eigenvalue weighted by Crippen LogP contribution is -2.16. The zero-order valence-corrected chi connectivity index (χ0v) is 12.1. The SMILES string of the molecule is COC(=O)/C=C(/Nc1ccc(Cl)c(C(N)=O)c1)C(=O)OC. The number of carbonyl (C=O) groups is 3. The number of halogens is 1. The van der Waals surface area contributed by atoms with Crippen molar-refractivity contribution < 1.29 is 23.9 Å². The van der Waals surface area contributed by atoms with E-state index in [0.29, 0.717) is 5.69 Å². The van der Waals surface area contributed by atoms with Gasteiger partial charge in [-0.2, -0.15) is 0 Å². The quantitative estimate of drug-likeness (QED) is 0.622. The lowest BCUT2D eigenvalue weighted by atomic mass is 10.2. The average Bonchev–Trinajstić information content (AvgIpc) is 2.46. The van der Waals surface area contributed by atoms with Gasteiger partial charge in [0.05, 0.1) is 30.9 Å². The second kappa shape index (κ2) is 7.30. The number of benzene rings is 1. The zero-order valence-electron chi connectivity index (χ0n) is 11.3. The predicted octanol–water partition coefficient (Wildman–Crippen LogP) is 1.08. The Morgan fingerprint density at radius 3 is 2.43 bits per heavy atom. The molecule has 3 N–H and O–H groups in total. The molecule has 0 spiro atoms. The van der Waals surface area contributed by atoms with Gasteiger partial charge in [-0.15, -0.1) is 0 Å². The van der Waals surface area contributed by atoms with Gasteiger partial charge in [-0.25, -0.2) is 9.59 Å². The number of rotatable bonds is 5. The van der Waals surface area contributed by atoms with Crippen molar-refractivity contribution in [2.75, 3.05) is 19.5 Å². The van der Waals surface area contributed by atoms with E-state index in [4.69, 9.17) is 17.3 Å². The lowest BCUT2D eigenvalue weighted by molar-refractivity contribution is -0.138. The molecular weight excluding hydrogens is 300 g/mol. The fraction of sp³-hybridized carbons (Fsp3) is 0.154. The largest absolute Gasteiger partial charge is 0.466 e. The zero-order chi connectivity index (χ0) is 16.0. The highest BCUT2D eigenvalue weighted by Crippen LogP contribution is 2.21. The van der Waals surface area contributed by atoms with Crippen molar-refractivity contribution in [1.82, 2.24) is 0 Å². The molecule has 112 valence electrons. The van der Waals surface area contributed by atoms with E-state index in [1.807, 2.05) is 0 Å². The van der Waals surface area contributed by atoms with Crippen LogP contribution in [0, 0.1) is 0 Å². The summed E-state index contributed by atoms with van der Waals surface area (Å²) >= 11 is 5.82. The van der Waals surface area contributed by atoms with Gasteiger partial charge in [-0.1, -0.05) is 11.6 Å². The molecule has 0 heterocycles. The predicted molar refractivity (Wildman–Crippen MR) is 75.7 cm³/mol. The first-order chi connectivity index (χ1) is 9.88. The number of primary amides is 1. The molecule has 1 aromatic carbocycles. The molecule has 0 saturated carbocycles. The Morgan fingerprint density at radius 1 is 1.24 bits per heavy atom. The maximum Gasteiger partial charge on any atom is 0.354 e. The van der Waals surface area contributed by atoms with Crippen LogP contribution in [-0.4, -0.2) is 32.1 Å². The van der Waals surface area contributed by atoms with E-state index in [1.54, 1.807) is 0 Å². The van der Waals surface area contributed by atoms with E-state index in [2.05, 4.69) is 14.8 Å². The molecule has 0 aliphatic rings. The standard InChI is InChI=1S/C13H13ClN2O5/c1-20-11(17)6-10(13(19)21-2)16-7-3-4-9(14)8(5-7)12(15)18/h3-6,16H,1-2H3,(H2,15,18)/b10-6+. The van der Waals surface area contributed by atoms with E-state index in [1.165, 1.54) is 25.3 Å². The summed E-state index contributed by atoms with van der Waals surface area (Å²) in [4.78, 5) is 34.0. The Balaban J connectivity index is 3.12. The third-order valence-electron chi connectivity index (χ3n) is 2.38. The molecule has 0 atom stereocenters. The number of hydrogen-bond donors (Lipinski definition) is 2. The van der Waals surface area contributed by atoms with Gasteiger partial charge < -0.3 is 20.5 Å². The molecule has 0 bridgehead atoms. The molecule has 0 aliphatic heterocycles. The molecule has 0 aromatic heterocycles. The minimum atomic E-state index is -0.782. The van der Waals surface area contributed by atoms with Gasteiger partial charge in [0, 0.05) is 5.69 Å². The number of hydrogen-bond acceptors (Lipinski definition) is 6. The van der Waals surface area contributed by atoms with Crippen molar-refractivity contribution in [1.29, 1.82) is 0 Å². The van der Waals surface area contributed by atoms with Crippen LogP contribution in [0.25, 0.3) is 0 Å². The number of carbonyl (C=O) groups excluding carboxylic acids is 3. The van der Waals surface area contributed by atoms with Crippen molar-refractivity contribution in [3.63, 3.8) is 0 Å². The molecule has 1 amide bonds. The summed E-state index contributed by atoms with van der Waals surface area (Å²) in [5.74, 6) is -2.25. The minimum Gasteiger partial charge on any atom is -0.466 e. The maximum absolute atomic E-state index is 11.6. The van der Waals surface area contributed by atoms with Crippen molar-refractivity contribution in [2.24, 2.45) is 5.73 Å². The first-order valence-corrected chi connectivity index (χ1v) is 6.01. The van der Waals surface area contributed by atoms with Gasteiger partial charge in [-0.05, 0) is 18.2 Å². The van der Waals surface area contributed by atoms with E-state index in [9.17, 15) is 14.4 Å². The van der Waals surface area contributed by atoms with Gasteiger partial charge in [0.15, 0.2) is 0 Å². The first kappa shape index (κ1) is 16.5. The molecule has 0 aliphatic carbocycles. The van der Waals surface area contributed by atoms with Crippen LogP contribution >= 0.6 is 11.6 Å². The minimum absolute atomic E-state index is 0.0731. The fourth-order valence-corrected chi connectivity index (χ4v) is 1.59. The van der Waals surface area contributed by atoms with Gasteiger partial charge in [0.1, 0.15) is 5.70 Å². The van der Waals surface area contributed by atoms with Crippen molar-refractivity contribution in [3.8, 4) is 0 Å². The van der Waals surface area contributed by atoms with Crippen molar-refractivity contribution in [3.05, 3.63) is 40.6 Å². The van der Waals surface area contributed by atoms with Gasteiger partial charge in [-0.3, -0.25) is 4.79 Å². The number of amides is 1. The van der Waals surface area contributed by atoms with Crippen LogP contribution in [0.15, 0.2) is 30.0 Å². The topological polar surface area (TPSA) is 108 Å². The number of anilines is 1. The summed E-state index contributed by atoms with van der Waals surface area (Å²) < 4.78 is 8.97. The molecule has 0 radical (unpaired) electrons. The molecule has 8 heteroatoms. The number of esters is 2. The highest BCUT2D eigenvalue weighted by atomic mass is 35.5. The molecule has 0 unspecified atom stereocenters. The maximum atomic E-state index is 11.6. The Kier molecular flexibility index (Phi) is 5.74. The van der Waals surface area contributed by atoms with Crippen LogP contribution in [-0.2, 0) is 19.1 Å². The van der Waals surface area contributed by atoms with Crippen LogP contribution < -0.4 is 11.1 Å². The van der Waals surface area contributed by atoms with Crippen LogP contribution in [0.2, 0.25) is 5.02 Å². The summed E-state index contributed by atoms with van der Waals surface area (Å²) in [5, 5.41) is 2.81. The van der Waals surface area contributed by atoms with E-state index >= 15 is 0 Å². The highest BCUT2D eigenvalue weighted by Gasteiger charge is 2.14.